The van der Waals surface area contributed by atoms with E-state index in [4.69, 9.17) is 15.0 Å². The number of imidazole rings is 3. The maximum atomic E-state index is 5.02. The van der Waals surface area contributed by atoms with Gasteiger partial charge in [0.2, 0.25) is 0 Å². The number of fused-ring (bicyclic) bond motifs is 21. The minimum absolute atomic E-state index is 0. The van der Waals surface area contributed by atoms with E-state index in [1.165, 1.54) is 116 Å². The molecule has 30 rings (SSSR count). The first-order valence-electron chi connectivity index (χ1n) is 48.8. The van der Waals surface area contributed by atoms with Crippen molar-refractivity contribution in [2.24, 2.45) is 21.1 Å². The van der Waals surface area contributed by atoms with E-state index < -0.39 is 0 Å². The Balaban J connectivity index is 0.000000114. The summed E-state index contributed by atoms with van der Waals surface area (Å²) < 4.78 is 13.3. The average Bonchev–Trinajstić information content (AvgIpc) is 1.55. The molecule has 0 unspecified atom stereocenters. The average molecular weight is 2420 g/mol. The van der Waals surface area contributed by atoms with Crippen LogP contribution in [0.1, 0.15) is 33.4 Å². The number of hydrogen-bond donors (Lipinski definition) is 0. The molecule has 0 spiro atoms. The summed E-state index contributed by atoms with van der Waals surface area (Å²) in [6.07, 6.45) is 8.39. The molecular weight excluding hydrogens is 2340 g/mol. The zero-order valence-corrected chi connectivity index (χ0v) is 86.6. The van der Waals surface area contributed by atoms with Crippen LogP contribution in [0.5, 0.6) is 0 Å². The van der Waals surface area contributed by atoms with Crippen molar-refractivity contribution < 1.29 is 63.2 Å². The molecule has 12 nitrogen and oxygen atoms in total. The van der Waals surface area contributed by atoms with Gasteiger partial charge in [0, 0.05) is 56.3 Å². The summed E-state index contributed by atoms with van der Waals surface area (Å²) in [5.74, 6) is 2.67. The van der Waals surface area contributed by atoms with Crippen LogP contribution in [0.15, 0.2) is 419 Å². The standard InChI is InChI=1S/3C44H28N4.3Pt/c1-47-40-17-5-4-16-39(40)46-44(47)31-20-22-37-42(27-31)48(33-12-8-11-30(26-33)38-15-6-7-23-45-38)41-18-9-14-36(43(37)41)29-19-21-35-32(25-29)24-28-10-2-3-13-34(28)35;1-47-42-15-5-4-14-40(42)46-44(47)32-17-20-37-38-26-29(28-16-19-36-33(23-28)24-30-9-2-3-12-35(30)36)18-21-41(38)48(43(37)27-32)34-11-8-10-31(25-34)39-13-6-7-22-45-39;1-47-41-15-5-4-14-40(41)46-44(47)32-18-21-38-37-20-17-29(28-16-19-36-33(23-28)24-30-9-2-3-12-35(30)36)26-42(37)48(43(38)27-32)34-11-8-10-31(25-34)39-13-6-7-22-45-39;;;/h2-23,25H,24H2,1H3;2*2-23,26H,24H2,1H3;;;/q3*-2;3*+2. The molecule has 0 atom stereocenters. The van der Waals surface area contributed by atoms with Gasteiger partial charge in [0.05, 0.1) is 50.6 Å². The fourth-order valence-electron chi connectivity index (χ4n) is 22.5. The second-order valence-electron chi connectivity index (χ2n) is 37.6. The van der Waals surface area contributed by atoms with Crippen molar-refractivity contribution in [2.75, 3.05) is 0 Å². The molecule has 0 radical (unpaired) electrons. The number of benzene rings is 18. The van der Waals surface area contributed by atoms with Crippen molar-refractivity contribution in [2.45, 2.75) is 19.3 Å². The molecule has 0 bridgehead atoms. The molecule has 702 valence electrons. The summed E-state index contributed by atoms with van der Waals surface area (Å²) in [4.78, 5) is 28.9. The minimum atomic E-state index is 0. The van der Waals surface area contributed by atoms with Gasteiger partial charge in [-0.05, 0) is 259 Å². The van der Waals surface area contributed by atoms with Gasteiger partial charge in [-0.1, -0.05) is 253 Å². The van der Waals surface area contributed by atoms with Crippen LogP contribution >= 0.6 is 0 Å². The van der Waals surface area contributed by atoms with Crippen LogP contribution in [-0.2, 0) is 104 Å². The number of aryl methyl sites for hydroxylation is 3. The van der Waals surface area contributed by atoms with E-state index in [1.54, 1.807) is 0 Å². The molecule has 15 heteroatoms. The topological polar surface area (TPSA) is 107 Å². The molecular formula is C132H84N12Pt3. The second kappa shape index (κ2) is 37.5. The van der Waals surface area contributed by atoms with E-state index in [0.29, 0.717) is 0 Å². The molecule has 147 heavy (non-hydrogen) atoms. The van der Waals surface area contributed by atoms with Crippen LogP contribution in [0, 0.1) is 36.4 Å². The predicted molar refractivity (Wildman–Crippen MR) is 585 cm³/mol. The third kappa shape index (κ3) is 15.7. The van der Waals surface area contributed by atoms with Crippen molar-refractivity contribution in [1.82, 2.24) is 57.3 Å². The molecule has 3 aliphatic carbocycles. The fraction of sp³-hybridized carbons (Fsp3) is 0.0455. The molecule has 0 saturated carbocycles. The van der Waals surface area contributed by atoms with Crippen molar-refractivity contribution in [3.8, 4) is 152 Å². The quantitative estimate of drug-likeness (QED) is 0.113. The van der Waals surface area contributed by atoms with Gasteiger partial charge in [0.15, 0.2) is 0 Å². The van der Waals surface area contributed by atoms with E-state index in [1.807, 2.05) is 91.4 Å². The van der Waals surface area contributed by atoms with Crippen LogP contribution in [-0.4, -0.2) is 57.3 Å². The van der Waals surface area contributed by atoms with E-state index >= 15 is 0 Å². The van der Waals surface area contributed by atoms with Gasteiger partial charge in [-0.15, -0.1) is 161 Å². The molecule has 9 heterocycles. The predicted octanol–water partition coefficient (Wildman–Crippen LogP) is 30.7. The monoisotopic (exact) mass is 2420 g/mol. The summed E-state index contributed by atoms with van der Waals surface area (Å²) >= 11 is 0. The number of aromatic nitrogens is 12. The molecule has 0 saturated heterocycles. The molecule has 18 aromatic carbocycles. The third-order valence-electron chi connectivity index (χ3n) is 29.4. The Kier molecular flexibility index (Phi) is 23.3. The molecule has 0 fully saturated rings. The van der Waals surface area contributed by atoms with Crippen molar-refractivity contribution in [3.05, 3.63) is 489 Å². The third-order valence-corrected chi connectivity index (χ3v) is 29.4. The van der Waals surface area contributed by atoms with Crippen LogP contribution in [0.2, 0.25) is 0 Å². The Morgan fingerprint density at radius 3 is 0.980 bits per heavy atom. The Morgan fingerprint density at radius 2 is 0.537 bits per heavy atom. The largest absolute Gasteiger partial charge is 2.00 e. The fourth-order valence-corrected chi connectivity index (χ4v) is 22.5. The number of para-hydroxylation sites is 6. The van der Waals surface area contributed by atoms with Gasteiger partial charge in [0.1, 0.15) is 0 Å². The summed E-state index contributed by atoms with van der Waals surface area (Å²) in [6.45, 7) is 0. The summed E-state index contributed by atoms with van der Waals surface area (Å²) in [6, 6.07) is 165. The molecule has 0 amide bonds. The summed E-state index contributed by atoms with van der Waals surface area (Å²) in [7, 11) is 6.22. The maximum absolute atomic E-state index is 5.02. The summed E-state index contributed by atoms with van der Waals surface area (Å²) in [5.41, 5.74) is 47.4. The van der Waals surface area contributed by atoms with E-state index in [0.717, 1.165) is 187 Å². The van der Waals surface area contributed by atoms with Gasteiger partial charge in [-0.3, -0.25) is 15.0 Å². The second-order valence-corrected chi connectivity index (χ2v) is 37.6. The number of hydrogen-bond acceptors (Lipinski definition) is 6. The van der Waals surface area contributed by atoms with Crippen LogP contribution in [0.3, 0.4) is 0 Å². The molecule has 0 N–H and O–H groups in total. The first kappa shape index (κ1) is 91.5. The molecule has 0 aliphatic heterocycles. The Bertz CT molecular complexity index is 9780. The molecule has 3 aliphatic rings. The van der Waals surface area contributed by atoms with Crippen molar-refractivity contribution in [3.63, 3.8) is 0 Å². The van der Waals surface area contributed by atoms with Crippen LogP contribution < -0.4 is 0 Å². The van der Waals surface area contributed by atoms with E-state index in [-0.39, 0.29) is 63.2 Å². The maximum Gasteiger partial charge on any atom is 2.00 e. The van der Waals surface area contributed by atoms with Crippen molar-refractivity contribution in [1.29, 1.82) is 0 Å². The molecule has 27 aromatic rings. The van der Waals surface area contributed by atoms with Gasteiger partial charge in [-0.25, -0.2) is 0 Å². The first-order valence-corrected chi connectivity index (χ1v) is 48.8. The normalized spacial score (nSPS) is 11.9. The van der Waals surface area contributed by atoms with Crippen LogP contribution in [0.25, 0.3) is 250 Å². The number of rotatable bonds is 12. The zero-order valence-electron chi connectivity index (χ0n) is 79.8. The van der Waals surface area contributed by atoms with Gasteiger partial charge >= 0.3 is 63.2 Å². The van der Waals surface area contributed by atoms with Crippen LogP contribution in [0.4, 0.5) is 0 Å². The van der Waals surface area contributed by atoms with Gasteiger partial charge in [-0.2, -0.15) is 0 Å². The number of nitrogens with zero attached hydrogens (tertiary/aromatic N) is 12. The van der Waals surface area contributed by atoms with E-state index in [2.05, 4.69) is 427 Å². The zero-order chi connectivity index (χ0) is 95.3. The minimum Gasteiger partial charge on any atom is -0.367 e. The first-order chi connectivity index (χ1) is 71.1. The number of pyridine rings is 3. The van der Waals surface area contributed by atoms with Gasteiger partial charge < -0.3 is 42.4 Å². The Hall–Kier alpha value is -16.7. The van der Waals surface area contributed by atoms with Crippen molar-refractivity contribution >= 4 is 98.5 Å². The Morgan fingerprint density at radius 1 is 0.211 bits per heavy atom. The molecule has 9 aromatic heterocycles. The smallest absolute Gasteiger partial charge is 0.367 e. The van der Waals surface area contributed by atoms with E-state index in [9.17, 15) is 0 Å². The Labute approximate surface area is 892 Å². The summed E-state index contributed by atoms with van der Waals surface area (Å²) in [5, 5.41) is 6.97. The van der Waals surface area contributed by atoms with Gasteiger partial charge in [0.25, 0.3) is 0 Å². The SMILES string of the molecule is Cn1c(-c2[c-]c3c(cc2)c2c(-c4ccc5c(c4)Cc4ccccc4-5)cccc2n3-c2[c-]c(-c3ccccn3)ccc2)nc2ccccc21.Cn1c(-c2[c-]c3c(cc2)c2cc(-c4ccc5c(c4)Cc4ccccc4-5)ccc2n3-c2[c-]c(-c3ccccn3)ccc2)nc2ccccc21.Cn1c(-c2[c-]c3c(cc2)c2ccc(-c4ccc5c(c4)Cc4ccccc4-5)cc2n3-c2[c-]c(-c3ccccn3)ccc2)nc2ccccc21.[Pt+2].[Pt+2].[Pt+2].